The summed E-state index contributed by atoms with van der Waals surface area (Å²) < 4.78 is 6.58. The second-order valence-corrected chi connectivity index (χ2v) is 14.3. The molecule has 6 heteroatoms. The summed E-state index contributed by atoms with van der Waals surface area (Å²) in [7, 11) is -1.87. The van der Waals surface area contributed by atoms with Crippen LogP contribution in [0, 0.1) is 0 Å². The Labute approximate surface area is 165 Å². The molecule has 0 aliphatic carbocycles. The SMILES string of the molecule is C[C@H]1C[C@](CO[Si](C)(C)C(C)(C)C)(NCc2ccccc2)CCN1C(=O)O. The van der Waals surface area contributed by atoms with Gasteiger partial charge in [-0.2, -0.15) is 0 Å². The van der Waals surface area contributed by atoms with Gasteiger partial charge in [0.15, 0.2) is 8.32 Å². The maximum atomic E-state index is 11.5. The molecule has 2 N–H and O–H groups in total. The van der Waals surface area contributed by atoms with Crippen LogP contribution in [0.2, 0.25) is 18.1 Å². The smallest absolute Gasteiger partial charge is 0.407 e. The average molecular weight is 393 g/mol. The van der Waals surface area contributed by atoms with Crippen molar-refractivity contribution in [1.29, 1.82) is 0 Å². The van der Waals surface area contributed by atoms with Crippen LogP contribution in [0.4, 0.5) is 4.79 Å². The van der Waals surface area contributed by atoms with Crippen molar-refractivity contribution in [2.45, 2.75) is 76.8 Å². The number of hydrogen-bond acceptors (Lipinski definition) is 3. The lowest BCUT2D eigenvalue weighted by Crippen LogP contribution is -2.61. The summed E-state index contributed by atoms with van der Waals surface area (Å²) in [5.74, 6) is 0. The topological polar surface area (TPSA) is 61.8 Å². The highest BCUT2D eigenvalue weighted by Crippen LogP contribution is 2.38. The van der Waals surface area contributed by atoms with Gasteiger partial charge >= 0.3 is 6.09 Å². The minimum Gasteiger partial charge on any atom is -0.465 e. The summed E-state index contributed by atoms with van der Waals surface area (Å²) in [6.45, 7) is 15.2. The lowest BCUT2D eigenvalue weighted by Gasteiger charge is -2.47. The molecule has 0 spiro atoms. The molecule has 0 unspecified atom stereocenters. The highest BCUT2D eigenvalue weighted by atomic mass is 28.4. The van der Waals surface area contributed by atoms with Crippen LogP contribution in [0.15, 0.2) is 30.3 Å². The molecule has 0 saturated carbocycles. The van der Waals surface area contributed by atoms with Crippen LogP contribution in [0.25, 0.3) is 0 Å². The zero-order valence-corrected chi connectivity index (χ0v) is 18.7. The summed E-state index contributed by atoms with van der Waals surface area (Å²) in [5, 5.41) is 13.3. The maximum absolute atomic E-state index is 11.5. The number of piperidine rings is 1. The molecular formula is C21H36N2O3Si. The normalized spacial score (nSPS) is 24.1. The van der Waals surface area contributed by atoms with E-state index in [0.29, 0.717) is 13.2 Å². The molecule has 1 saturated heterocycles. The first-order valence-corrected chi connectivity index (χ1v) is 12.8. The van der Waals surface area contributed by atoms with Crippen molar-refractivity contribution in [3.63, 3.8) is 0 Å². The number of rotatable bonds is 6. The standard InChI is InChI=1S/C21H36N2O3Si/c1-17-14-21(12-13-23(17)19(24)25,16-26-27(5,6)20(2,3)4)22-15-18-10-8-7-9-11-18/h7-11,17,22H,12-16H2,1-6H3,(H,24,25)/t17-,21+/m0/s1. The third-order valence-corrected chi connectivity index (χ3v) is 10.8. The average Bonchev–Trinajstić information content (AvgIpc) is 2.58. The maximum Gasteiger partial charge on any atom is 0.407 e. The molecule has 2 atom stereocenters. The molecule has 1 aliphatic rings. The summed E-state index contributed by atoms with van der Waals surface area (Å²) in [6.07, 6.45) is 0.704. The fourth-order valence-corrected chi connectivity index (χ4v) is 4.45. The Balaban J connectivity index is 2.14. The molecule has 1 amide bonds. The molecule has 0 aromatic heterocycles. The molecule has 2 rings (SSSR count). The zero-order valence-electron chi connectivity index (χ0n) is 17.7. The highest BCUT2D eigenvalue weighted by molar-refractivity contribution is 6.74. The first kappa shape index (κ1) is 21.9. The number of benzene rings is 1. The van der Waals surface area contributed by atoms with Gasteiger partial charge in [0.2, 0.25) is 0 Å². The van der Waals surface area contributed by atoms with Crippen molar-refractivity contribution in [2.75, 3.05) is 13.2 Å². The highest BCUT2D eigenvalue weighted by Gasteiger charge is 2.43. The first-order valence-electron chi connectivity index (χ1n) is 9.88. The summed E-state index contributed by atoms with van der Waals surface area (Å²) in [6, 6.07) is 10.3. The molecule has 1 aromatic carbocycles. The number of carbonyl (C=O) groups is 1. The Morgan fingerprint density at radius 2 is 1.96 bits per heavy atom. The van der Waals surface area contributed by atoms with Crippen molar-refractivity contribution in [3.8, 4) is 0 Å². The summed E-state index contributed by atoms with van der Waals surface area (Å²) in [5.41, 5.74) is 1.04. The second-order valence-electron chi connectivity index (χ2n) is 9.45. The van der Waals surface area contributed by atoms with Crippen LogP contribution in [0.1, 0.15) is 46.1 Å². The number of likely N-dealkylation sites (tertiary alicyclic amines) is 1. The molecule has 1 aromatic rings. The molecule has 1 heterocycles. The molecule has 1 aliphatic heterocycles. The van der Waals surface area contributed by atoms with Crippen molar-refractivity contribution in [1.82, 2.24) is 10.2 Å². The van der Waals surface area contributed by atoms with E-state index in [0.717, 1.165) is 19.4 Å². The van der Waals surface area contributed by atoms with E-state index in [2.05, 4.69) is 51.3 Å². The first-order chi connectivity index (χ1) is 12.5. The van der Waals surface area contributed by atoms with Gasteiger partial charge < -0.3 is 19.7 Å². The lowest BCUT2D eigenvalue weighted by atomic mass is 9.84. The number of carboxylic acid groups (broad SMARTS) is 1. The van der Waals surface area contributed by atoms with Crippen LogP contribution in [0.3, 0.4) is 0 Å². The van der Waals surface area contributed by atoms with Crippen LogP contribution < -0.4 is 5.32 Å². The lowest BCUT2D eigenvalue weighted by molar-refractivity contribution is 0.0481. The van der Waals surface area contributed by atoms with Gasteiger partial charge in [-0.3, -0.25) is 0 Å². The van der Waals surface area contributed by atoms with Crippen molar-refractivity contribution in [3.05, 3.63) is 35.9 Å². The molecule has 27 heavy (non-hydrogen) atoms. The van der Waals surface area contributed by atoms with Crippen molar-refractivity contribution >= 4 is 14.4 Å². The van der Waals surface area contributed by atoms with Gasteiger partial charge in [0.1, 0.15) is 0 Å². The van der Waals surface area contributed by atoms with Crippen LogP contribution >= 0.6 is 0 Å². The minimum absolute atomic E-state index is 0.0254. The van der Waals surface area contributed by atoms with Gasteiger partial charge in [-0.25, -0.2) is 4.79 Å². The van der Waals surface area contributed by atoms with E-state index in [1.807, 2.05) is 25.1 Å². The molecule has 0 bridgehead atoms. The minimum atomic E-state index is -1.87. The Bertz CT molecular complexity index is 630. The fourth-order valence-electron chi connectivity index (χ4n) is 3.38. The number of nitrogens with one attached hydrogen (secondary N) is 1. The van der Waals surface area contributed by atoms with E-state index in [9.17, 15) is 9.90 Å². The van der Waals surface area contributed by atoms with Crippen molar-refractivity contribution < 1.29 is 14.3 Å². The third kappa shape index (κ3) is 5.56. The second kappa shape index (κ2) is 8.33. The molecule has 5 nitrogen and oxygen atoms in total. The number of amides is 1. The van der Waals surface area contributed by atoms with E-state index in [1.54, 1.807) is 4.90 Å². The van der Waals surface area contributed by atoms with E-state index in [4.69, 9.17) is 4.43 Å². The number of hydrogen-bond donors (Lipinski definition) is 2. The molecule has 152 valence electrons. The summed E-state index contributed by atoms with van der Waals surface area (Å²) >= 11 is 0. The Morgan fingerprint density at radius 1 is 1.33 bits per heavy atom. The van der Waals surface area contributed by atoms with Gasteiger partial charge in [0, 0.05) is 24.7 Å². The van der Waals surface area contributed by atoms with E-state index >= 15 is 0 Å². The molecular weight excluding hydrogens is 356 g/mol. The monoisotopic (exact) mass is 392 g/mol. The van der Waals surface area contributed by atoms with Gasteiger partial charge in [-0.15, -0.1) is 0 Å². The Kier molecular flexibility index (Phi) is 6.76. The molecule has 1 fully saturated rings. The summed E-state index contributed by atoms with van der Waals surface area (Å²) in [4.78, 5) is 13.0. The third-order valence-electron chi connectivity index (χ3n) is 6.32. The van der Waals surface area contributed by atoms with Gasteiger partial charge in [-0.1, -0.05) is 51.1 Å². The van der Waals surface area contributed by atoms with Crippen LogP contribution in [-0.4, -0.2) is 49.1 Å². The predicted molar refractivity (Wildman–Crippen MR) is 113 cm³/mol. The molecule has 0 radical (unpaired) electrons. The van der Waals surface area contributed by atoms with Crippen molar-refractivity contribution in [2.24, 2.45) is 0 Å². The van der Waals surface area contributed by atoms with E-state index in [1.165, 1.54) is 5.56 Å². The quantitative estimate of drug-likeness (QED) is 0.689. The Morgan fingerprint density at radius 3 is 2.48 bits per heavy atom. The number of nitrogens with zero attached hydrogens (tertiary/aromatic N) is 1. The van der Waals surface area contributed by atoms with Gasteiger partial charge in [-0.05, 0) is 43.5 Å². The van der Waals surface area contributed by atoms with Crippen LogP contribution in [0.5, 0.6) is 0 Å². The predicted octanol–water partition coefficient (Wildman–Crippen LogP) is 4.70. The van der Waals surface area contributed by atoms with Crippen LogP contribution in [-0.2, 0) is 11.0 Å². The van der Waals surface area contributed by atoms with Gasteiger partial charge in [0.05, 0.1) is 6.61 Å². The van der Waals surface area contributed by atoms with E-state index in [-0.39, 0.29) is 16.6 Å². The fraction of sp³-hybridized carbons (Fsp3) is 0.667. The van der Waals surface area contributed by atoms with Gasteiger partial charge in [0.25, 0.3) is 0 Å². The van der Waals surface area contributed by atoms with E-state index < -0.39 is 14.4 Å². The largest absolute Gasteiger partial charge is 0.465 e. The zero-order chi connectivity index (χ0) is 20.3. The Hall–Kier alpha value is -1.37.